The molecule has 0 radical (unpaired) electrons. The van der Waals surface area contributed by atoms with Crippen LogP contribution in [0.15, 0.2) is 42.5 Å². The largest absolute Gasteiger partial charge is 0.497 e. The molecule has 1 aliphatic carbocycles. The number of halogens is 3. The zero-order chi connectivity index (χ0) is 34.1. The van der Waals surface area contributed by atoms with Crippen LogP contribution in [0.25, 0.3) is 0 Å². The highest BCUT2D eigenvalue weighted by Gasteiger charge is 2.44. The average Bonchev–Trinajstić information content (AvgIpc) is 3.08. The molecular formula is C34H44F3N5O5. The number of alkyl halides is 2. The molecular weight excluding hydrogens is 615 g/mol. The number of methoxy groups -OCH3 is 1. The molecule has 0 spiro atoms. The normalized spacial score (nSPS) is 17.4. The number of anilines is 1. The van der Waals surface area contributed by atoms with Crippen molar-refractivity contribution in [2.45, 2.75) is 69.9 Å². The van der Waals surface area contributed by atoms with E-state index in [1.54, 1.807) is 11.8 Å². The van der Waals surface area contributed by atoms with Gasteiger partial charge in [-0.15, -0.1) is 0 Å². The minimum absolute atomic E-state index is 0.0299. The van der Waals surface area contributed by atoms with Gasteiger partial charge < -0.3 is 30.5 Å². The first kappa shape index (κ1) is 35.7. The van der Waals surface area contributed by atoms with Crippen molar-refractivity contribution >= 4 is 29.3 Å². The molecule has 2 aromatic carbocycles. The lowest BCUT2D eigenvalue weighted by Gasteiger charge is -2.34. The van der Waals surface area contributed by atoms with E-state index in [9.17, 15) is 19.2 Å². The molecule has 1 aliphatic heterocycles. The molecule has 3 N–H and O–H groups in total. The number of rotatable bonds is 12. The predicted octanol–water partition coefficient (Wildman–Crippen LogP) is 3.84. The smallest absolute Gasteiger partial charge is 0.349 e. The zero-order valence-corrected chi connectivity index (χ0v) is 27.1. The number of nitrogens with one attached hydrogen (secondary N) is 3. The van der Waals surface area contributed by atoms with Crippen LogP contribution in [0.3, 0.4) is 0 Å². The van der Waals surface area contributed by atoms with Crippen molar-refractivity contribution in [1.82, 2.24) is 20.4 Å². The molecule has 47 heavy (non-hydrogen) atoms. The summed E-state index contributed by atoms with van der Waals surface area (Å²) in [5, 5.41) is 7.49. The second kappa shape index (κ2) is 16.1. The lowest BCUT2D eigenvalue weighted by molar-refractivity contribution is -0.149. The van der Waals surface area contributed by atoms with Gasteiger partial charge in [0.25, 0.3) is 5.91 Å². The van der Waals surface area contributed by atoms with Gasteiger partial charge in [-0.1, -0.05) is 44.4 Å². The highest BCUT2D eigenvalue weighted by atomic mass is 19.3. The third-order valence-electron chi connectivity index (χ3n) is 8.91. The fraction of sp³-hybridized carbons (Fsp3) is 0.529. The van der Waals surface area contributed by atoms with Crippen LogP contribution in [0.1, 0.15) is 56.6 Å². The minimum atomic E-state index is -3.96. The summed E-state index contributed by atoms with van der Waals surface area (Å²) < 4.78 is 51.0. The number of hydrogen-bond acceptors (Lipinski definition) is 6. The van der Waals surface area contributed by atoms with Gasteiger partial charge in [0, 0.05) is 44.6 Å². The number of nitrogens with zero attached hydrogens (tertiary/aromatic N) is 2. The Labute approximate surface area is 273 Å². The van der Waals surface area contributed by atoms with E-state index in [0.717, 1.165) is 31.4 Å². The Morgan fingerprint density at radius 2 is 1.68 bits per heavy atom. The van der Waals surface area contributed by atoms with E-state index in [0.29, 0.717) is 44.6 Å². The molecule has 1 heterocycles. The molecule has 4 amide bonds. The predicted molar refractivity (Wildman–Crippen MR) is 170 cm³/mol. The van der Waals surface area contributed by atoms with Crippen LogP contribution < -0.4 is 20.7 Å². The summed E-state index contributed by atoms with van der Waals surface area (Å²) >= 11 is 0. The summed E-state index contributed by atoms with van der Waals surface area (Å²) in [6.07, 6.45) is 3.74. The summed E-state index contributed by atoms with van der Waals surface area (Å²) in [4.78, 5) is 55.8. The first-order chi connectivity index (χ1) is 22.4. The molecule has 2 atom stereocenters. The van der Waals surface area contributed by atoms with Crippen molar-refractivity contribution in [3.63, 3.8) is 0 Å². The second-order valence-electron chi connectivity index (χ2n) is 12.3. The van der Waals surface area contributed by atoms with Crippen molar-refractivity contribution in [3.05, 3.63) is 59.4 Å². The monoisotopic (exact) mass is 659 g/mol. The number of hydrogen-bond donors (Lipinski definition) is 3. The summed E-state index contributed by atoms with van der Waals surface area (Å²) in [5.41, 5.74) is -0.370. The lowest BCUT2D eigenvalue weighted by atomic mass is 9.83. The summed E-state index contributed by atoms with van der Waals surface area (Å²) in [6.45, 7) is 4.09. The first-order valence-corrected chi connectivity index (χ1v) is 16.1. The van der Waals surface area contributed by atoms with Gasteiger partial charge in [-0.25, -0.2) is 4.39 Å². The molecule has 2 aliphatic rings. The van der Waals surface area contributed by atoms with Crippen molar-refractivity contribution in [3.8, 4) is 5.75 Å². The first-order valence-electron chi connectivity index (χ1n) is 16.1. The molecule has 1 saturated carbocycles. The molecule has 2 fully saturated rings. The van der Waals surface area contributed by atoms with Crippen LogP contribution in [-0.2, 0) is 31.5 Å². The Hall–Kier alpha value is -4.13. The highest BCUT2D eigenvalue weighted by Crippen LogP contribution is 2.33. The molecule has 2 unspecified atom stereocenters. The quantitative estimate of drug-likeness (QED) is 0.319. The Bertz CT molecular complexity index is 1430. The topological polar surface area (TPSA) is 120 Å². The van der Waals surface area contributed by atoms with E-state index in [4.69, 9.17) is 4.74 Å². The minimum Gasteiger partial charge on any atom is -0.497 e. The van der Waals surface area contributed by atoms with Crippen LogP contribution in [-0.4, -0.2) is 85.8 Å². The number of benzene rings is 2. The van der Waals surface area contributed by atoms with E-state index in [2.05, 4.69) is 20.9 Å². The molecule has 256 valence electrons. The zero-order valence-electron chi connectivity index (χ0n) is 27.1. The van der Waals surface area contributed by atoms with Gasteiger partial charge in [0.05, 0.1) is 12.8 Å². The second-order valence-corrected chi connectivity index (χ2v) is 12.3. The van der Waals surface area contributed by atoms with Crippen molar-refractivity contribution in [2.24, 2.45) is 5.92 Å². The van der Waals surface area contributed by atoms with E-state index in [1.807, 2.05) is 7.05 Å². The standard InChI is InChI=1S/C34H44F3N5O5/c1-4-29(43)38-28(32(45)42-17-15-41(2)16-18-42)20-22-13-14-27(26(35)19-22)39-31(44)30(23-9-6-5-7-10-23)40-33(46)34(36,37)24-11-8-12-25(21-24)47-3/h8,11-14,19,21,23,28,30H,4-7,9-10,15-18,20H2,1-3H3,(H,38,43)(H,39,44)(H,40,46). The van der Waals surface area contributed by atoms with E-state index >= 15 is 13.2 Å². The summed E-state index contributed by atoms with van der Waals surface area (Å²) in [7, 11) is 3.29. The Morgan fingerprint density at radius 3 is 2.32 bits per heavy atom. The maximum atomic E-state index is 15.4. The number of carbonyl (C=O) groups is 4. The number of likely N-dealkylation sites (N-methyl/N-ethyl adjacent to an activating group) is 1. The molecule has 2 aromatic rings. The Kier molecular flexibility index (Phi) is 12.3. The Balaban J connectivity index is 1.49. The number of carbonyl (C=O) groups excluding carboxylic acids is 4. The Morgan fingerprint density at radius 1 is 0.979 bits per heavy atom. The fourth-order valence-electron chi connectivity index (χ4n) is 6.02. The molecule has 1 saturated heterocycles. The maximum absolute atomic E-state index is 15.4. The van der Waals surface area contributed by atoms with Crippen LogP contribution in [0.5, 0.6) is 5.75 Å². The third kappa shape index (κ3) is 9.24. The summed E-state index contributed by atoms with van der Waals surface area (Å²) in [6, 6.07) is 6.78. The van der Waals surface area contributed by atoms with E-state index < -0.39 is 47.1 Å². The molecule has 0 aromatic heterocycles. The van der Waals surface area contributed by atoms with Gasteiger partial charge in [-0.3, -0.25) is 19.2 Å². The SMILES string of the molecule is CCC(=O)NC(Cc1ccc(NC(=O)C(NC(=O)C(F)(F)c2cccc(OC)c2)C2CCCCC2)c(F)c1)C(=O)N1CCN(C)CC1. The molecule has 13 heteroatoms. The number of piperazine rings is 1. The molecule has 4 rings (SSSR count). The number of ether oxygens (including phenoxy) is 1. The molecule has 10 nitrogen and oxygen atoms in total. The van der Waals surface area contributed by atoms with Crippen LogP contribution >= 0.6 is 0 Å². The van der Waals surface area contributed by atoms with Gasteiger partial charge in [-0.05, 0) is 55.6 Å². The third-order valence-corrected chi connectivity index (χ3v) is 8.91. The van der Waals surface area contributed by atoms with Gasteiger partial charge in [0.15, 0.2) is 0 Å². The van der Waals surface area contributed by atoms with Gasteiger partial charge in [0.2, 0.25) is 17.7 Å². The number of amides is 4. The molecule has 0 bridgehead atoms. The van der Waals surface area contributed by atoms with Crippen molar-refractivity contribution in [2.75, 3.05) is 45.7 Å². The maximum Gasteiger partial charge on any atom is 0.349 e. The van der Waals surface area contributed by atoms with Crippen molar-refractivity contribution in [1.29, 1.82) is 0 Å². The van der Waals surface area contributed by atoms with Crippen LogP contribution in [0.2, 0.25) is 0 Å². The van der Waals surface area contributed by atoms with Crippen molar-refractivity contribution < 1.29 is 37.1 Å². The van der Waals surface area contributed by atoms with Crippen LogP contribution in [0, 0.1) is 11.7 Å². The van der Waals surface area contributed by atoms with E-state index in [1.165, 1.54) is 37.4 Å². The van der Waals surface area contributed by atoms with Gasteiger partial charge >= 0.3 is 5.92 Å². The van der Waals surface area contributed by atoms with Gasteiger partial charge in [0.1, 0.15) is 23.7 Å². The lowest BCUT2D eigenvalue weighted by Crippen LogP contribution is -2.54. The highest BCUT2D eigenvalue weighted by molar-refractivity contribution is 5.98. The van der Waals surface area contributed by atoms with E-state index in [-0.39, 0.29) is 36.1 Å². The van der Waals surface area contributed by atoms with Gasteiger partial charge in [-0.2, -0.15) is 8.78 Å². The summed E-state index contributed by atoms with van der Waals surface area (Å²) in [5.74, 6) is -8.05. The van der Waals surface area contributed by atoms with Crippen LogP contribution in [0.4, 0.5) is 18.9 Å². The average molecular weight is 660 g/mol. The fourth-order valence-corrected chi connectivity index (χ4v) is 6.02.